The molecule has 1 aromatic carbocycles. The summed E-state index contributed by atoms with van der Waals surface area (Å²) in [7, 11) is 0. The lowest BCUT2D eigenvalue weighted by molar-refractivity contribution is 0.443. The molecule has 0 unspecified atom stereocenters. The minimum absolute atomic E-state index is 0.0434. The first kappa shape index (κ1) is 12.7. The average molecular weight is 288 g/mol. The predicted octanol–water partition coefficient (Wildman–Crippen LogP) is 2.90. The molecule has 0 amide bonds. The number of nitrogens with zero attached hydrogens (tertiary/aromatic N) is 3. The number of aromatic nitrogens is 2. The van der Waals surface area contributed by atoms with Crippen molar-refractivity contribution in [2.75, 3.05) is 0 Å². The van der Waals surface area contributed by atoms with Crippen LogP contribution in [0.4, 0.5) is 0 Å². The standard InChI is InChI=1S/C14H10ClN3O2/c15-11-2-1-3-12(10(11)8-16)20-13-14(19)18(7-6-17-13)9-4-5-9/h1-3,6-7,9H,4-5H2. The number of nitriles is 1. The lowest BCUT2D eigenvalue weighted by Gasteiger charge is -2.08. The van der Waals surface area contributed by atoms with E-state index in [-0.39, 0.29) is 33.8 Å². The molecule has 1 saturated carbocycles. The maximum absolute atomic E-state index is 12.2. The van der Waals surface area contributed by atoms with Gasteiger partial charge in [-0.15, -0.1) is 0 Å². The van der Waals surface area contributed by atoms with E-state index >= 15 is 0 Å². The Hall–Kier alpha value is -2.32. The molecule has 1 aliphatic carbocycles. The minimum atomic E-state index is -0.293. The zero-order valence-electron chi connectivity index (χ0n) is 10.4. The largest absolute Gasteiger partial charge is 0.433 e. The molecule has 0 saturated heterocycles. The highest BCUT2D eigenvalue weighted by Crippen LogP contribution is 2.34. The Morgan fingerprint density at radius 2 is 2.25 bits per heavy atom. The molecule has 0 aliphatic heterocycles. The highest BCUT2D eigenvalue weighted by molar-refractivity contribution is 6.31. The van der Waals surface area contributed by atoms with Gasteiger partial charge in [0.15, 0.2) is 0 Å². The fourth-order valence-electron chi connectivity index (χ4n) is 1.92. The van der Waals surface area contributed by atoms with E-state index in [1.54, 1.807) is 29.0 Å². The second kappa shape index (κ2) is 4.99. The van der Waals surface area contributed by atoms with E-state index in [9.17, 15) is 4.79 Å². The Morgan fingerprint density at radius 1 is 1.45 bits per heavy atom. The molecule has 6 heteroatoms. The van der Waals surface area contributed by atoms with Crippen LogP contribution in [0.25, 0.3) is 0 Å². The fourth-order valence-corrected chi connectivity index (χ4v) is 2.13. The summed E-state index contributed by atoms with van der Waals surface area (Å²) in [5.74, 6) is 0.191. The minimum Gasteiger partial charge on any atom is -0.433 e. The number of halogens is 1. The maximum atomic E-state index is 12.2. The molecule has 1 heterocycles. The van der Waals surface area contributed by atoms with E-state index in [0.29, 0.717) is 0 Å². The van der Waals surface area contributed by atoms with Gasteiger partial charge in [0, 0.05) is 18.4 Å². The molecular weight excluding hydrogens is 278 g/mol. The van der Waals surface area contributed by atoms with Gasteiger partial charge in [0.2, 0.25) is 0 Å². The maximum Gasteiger partial charge on any atom is 0.313 e. The molecule has 1 aromatic heterocycles. The van der Waals surface area contributed by atoms with Gasteiger partial charge in [0.05, 0.1) is 5.02 Å². The highest BCUT2D eigenvalue weighted by Gasteiger charge is 2.26. The summed E-state index contributed by atoms with van der Waals surface area (Å²) in [6.45, 7) is 0. The predicted molar refractivity (Wildman–Crippen MR) is 73.0 cm³/mol. The van der Waals surface area contributed by atoms with E-state index in [2.05, 4.69) is 4.98 Å². The molecule has 0 bridgehead atoms. The third kappa shape index (κ3) is 2.26. The average Bonchev–Trinajstić information content (AvgIpc) is 3.26. The van der Waals surface area contributed by atoms with Crippen molar-refractivity contribution in [2.45, 2.75) is 18.9 Å². The van der Waals surface area contributed by atoms with Crippen molar-refractivity contribution in [3.63, 3.8) is 0 Å². The fraction of sp³-hybridized carbons (Fsp3) is 0.214. The van der Waals surface area contributed by atoms with Crippen LogP contribution >= 0.6 is 11.6 Å². The third-order valence-electron chi connectivity index (χ3n) is 3.07. The van der Waals surface area contributed by atoms with Crippen LogP contribution in [0.5, 0.6) is 11.6 Å². The summed E-state index contributed by atoms with van der Waals surface area (Å²) in [6, 6.07) is 7.03. The van der Waals surface area contributed by atoms with Crippen molar-refractivity contribution in [1.82, 2.24) is 9.55 Å². The van der Waals surface area contributed by atoms with Crippen molar-refractivity contribution in [2.24, 2.45) is 0 Å². The Labute approximate surface area is 120 Å². The topological polar surface area (TPSA) is 67.9 Å². The van der Waals surface area contributed by atoms with E-state index in [1.807, 2.05) is 6.07 Å². The van der Waals surface area contributed by atoms with Crippen molar-refractivity contribution in [1.29, 1.82) is 5.26 Å². The van der Waals surface area contributed by atoms with E-state index in [0.717, 1.165) is 12.8 Å². The number of hydrogen-bond acceptors (Lipinski definition) is 4. The Bertz CT molecular complexity index is 760. The molecule has 1 fully saturated rings. The molecular formula is C14H10ClN3O2. The summed E-state index contributed by atoms with van der Waals surface area (Å²) in [5, 5.41) is 9.36. The van der Waals surface area contributed by atoms with Crippen LogP contribution in [-0.2, 0) is 0 Å². The quantitative estimate of drug-likeness (QED) is 0.870. The molecule has 3 rings (SSSR count). The molecule has 1 aliphatic rings. The van der Waals surface area contributed by atoms with Crippen molar-refractivity contribution in [3.8, 4) is 17.7 Å². The van der Waals surface area contributed by atoms with Crippen LogP contribution in [0, 0.1) is 11.3 Å². The molecule has 100 valence electrons. The van der Waals surface area contributed by atoms with Crippen LogP contribution < -0.4 is 10.3 Å². The number of rotatable bonds is 3. The number of benzene rings is 1. The van der Waals surface area contributed by atoms with Crippen LogP contribution in [0.15, 0.2) is 35.4 Å². The Kier molecular flexibility index (Phi) is 3.17. The van der Waals surface area contributed by atoms with E-state index in [1.165, 1.54) is 6.20 Å². The summed E-state index contributed by atoms with van der Waals surface area (Å²) in [4.78, 5) is 16.1. The first-order valence-electron chi connectivity index (χ1n) is 6.14. The first-order valence-corrected chi connectivity index (χ1v) is 6.52. The molecule has 0 spiro atoms. The zero-order valence-corrected chi connectivity index (χ0v) is 11.2. The van der Waals surface area contributed by atoms with Gasteiger partial charge in [-0.2, -0.15) is 5.26 Å². The molecule has 5 nitrogen and oxygen atoms in total. The molecule has 0 atom stereocenters. The zero-order chi connectivity index (χ0) is 14.1. The molecule has 20 heavy (non-hydrogen) atoms. The first-order chi connectivity index (χ1) is 9.70. The van der Waals surface area contributed by atoms with Gasteiger partial charge in [-0.1, -0.05) is 17.7 Å². The smallest absolute Gasteiger partial charge is 0.313 e. The normalized spacial score (nSPS) is 13.8. The summed E-state index contributed by atoms with van der Waals surface area (Å²) >= 11 is 5.92. The summed E-state index contributed by atoms with van der Waals surface area (Å²) in [5.41, 5.74) is -0.101. The van der Waals surface area contributed by atoms with Gasteiger partial charge in [0.25, 0.3) is 5.88 Å². The summed E-state index contributed by atoms with van der Waals surface area (Å²) < 4.78 is 7.09. The van der Waals surface area contributed by atoms with Gasteiger partial charge < -0.3 is 9.30 Å². The van der Waals surface area contributed by atoms with E-state index < -0.39 is 0 Å². The van der Waals surface area contributed by atoms with Crippen LogP contribution in [0.3, 0.4) is 0 Å². The monoisotopic (exact) mass is 287 g/mol. The number of ether oxygens (including phenoxy) is 1. The molecule has 0 radical (unpaired) electrons. The van der Waals surface area contributed by atoms with Gasteiger partial charge in [-0.25, -0.2) is 4.98 Å². The van der Waals surface area contributed by atoms with Crippen molar-refractivity contribution in [3.05, 3.63) is 51.5 Å². The molecule has 0 N–H and O–H groups in total. The van der Waals surface area contributed by atoms with Crippen LogP contribution in [0.1, 0.15) is 24.4 Å². The SMILES string of the molecule is N#Cc1c(Cl)cccc1Oc1nccn(C2CC2)c1=O. The van der Waals surface area contributed by atoms with Gasteiger partial charge >= 0.3 is 5.56 Å². The van der Waals surface area contributed by atoms with Crippen LogP contribution in [0.2, 0.25) is 5.02 Å². The Balaban J connectivity index is 2.00. The van der Waals surface area contributed by atoms with Crippen molar-refractivity contribution >= 4 is 11.6 Å². The van der Waals surface area contributed by atoms with Crippen LogP contribution in [-0.4, -0.2) is 9.55 Å². The van der Waals surface area contributed by atoms with Gasteiger partial charge in [-0.05, 0) is 25.0 Å². The molecule has 2 aromatic rings. The summed E-state index contributed by atoms with van der Waals surface area (Å²) in [6.07, 6.45) is 5.15. The third-order valence-corrected chi connectivity index (χ3v) is 3.39. The van der Waals surface area contributed by atoms with E-state index in [4.69, 9.17) is 21.6 Å². The lowest BCUT2D eigenvalue weighted by Crippen LogP contribution is -2.20. The second-order valence-corrected chi connectivity index (χ2v) is 4.91. The number of hydrogen-bond donors (Lipinski definition) is 0. The Morgan fingerprint density at radius 3 is 2.95 bits per heavy atom. The lowest BCUT2D eigenvalue weighted by atomic mass is 10.2. The second-order valence-electron chi connectivity index (χ2n) is 4.50. The highest BCUT2D eigenvalue weighted by atomic mass is 35.5. The van der Waals surface area contributed by atoms with Crippen molar-refractivity contribution < 1.29 is 4.74 Å². The van der Waals surface area contributed by atoms with Gasteiger partial charge in [-0.3, -0.25) is 4.79 Å². The van der Waals surface area contributed by atoms with Gasteiger partial charge in [0.1, 0.15) is 17.4 Å².